The molecule has 1 saturated heterocycles. The van der Waals surface area contributed by atoms with Gasteiger partial charge in [0.1, 0.15) is 17.1 Å². The molecule has 2 rings (SSSR count). The molecule has 1 aromatic rings. The predicted molar refractivity (Wildman–Crippen MR) is 58.7 cm³/mol. The van der Waals surface area contributed by atoms with E-state index in [0.717, 1.165) is 0 Å². The molecule has 1 atom stereocenters. The predicted octanol–water partition coefficient (Wildman–Crippen LogP) is 0.264. The Morgan fingerprint density at radius 1 is 1.71 bits per heavy atom. The van der Waals surface area contributed by atoms with E-state index in [1.165, 1.54) is 6.07 Å². The zero-order valence-electron chi connectivity index (χ0n) is 9.45. The fourth-order valence-electron chi connectivity index (χ4n) is 1.84. The highest BCUT2D eigenvalue weighted by Crippen LogP contribution is 2.14. The lowest BCUT2D eigenvalue weighted by molar-refractivity contribution is -0.119. The molecule has 1 amide bonds. The van der Waals surface area contributed by atoms with E-state index >= 15 is 0 Å². The van der Waals surface area contributed by atoms with E-state index in [4.69, 9.17) is 9.52 Å². The summed E-state index contributed by atoms with van der Waals surface area (Å²) in [7, 11) is 0. The lowest BCUT2D eigenvalue weighted by Crippen LogP contribution is -2.30. The van der Waals surface area contributed by atoms with Gasteiger partial charge in [-0.3, -0.25) is 4.79 Å². The Balaban J connectivity index is 1.93. The van der Waals surface area contributed by atoms with Gasteiger partial charge in [-0.15, -0.1) is 0 Å². The second-order valence-electron chi connectivity index (χ2n) is 4.07. The molecule has 6 heteroatoms. The highest BCUT2D eigenvalue weighted by molar-refractivity contribution is 5.88. The number of aromatic carboxylic acids is 1. The maximum atomic E-state index is 11.0. The van der Waals surface area contributed by atoms with Crippen LogP contribution in [0.3, 0.4) is 0 Å². The number of carboxylic acid groups (broad SMARTS) is 1. The normalized spacial score (nSPS) is 19.4. The van der Waals surface area contributed by atoms with Gasteiger partial charge < -0.3 is 20.2 Å². The van der Waals surface area contributed by atoms with Crippen LogP contribution in [0.5, 0.6) is 0 Å². The van der Waals surface area contributed by atoms with Crippen molar-refractivity contribution in [2.75, 3.05) is 6.54 Å². The number of carbonyl (C=O) groups excluding carboxylic acids is 1. The van der Waals surface area contributed by atoms with Gasteiger partial charge in [-0.25, -0.2) is 4.79 Å². The summed E-state index contributed by atoms with van der Waals surface area (Å²) in [6, 6.07) is 1.59. The smallest absolute Gasteiger partial charge is 0.339 e. The van der Waals surface area contributed by atoms with Crippen LogP contribution in [0.1, 0.15) is 28.3 Å². The monoisotopic (exact) mass is 238 g/mol. The third-order valence-corrected chi connectivity index (χ3v) is 2.74. The first kappa shape index (κ1) is 11.7. The Kier molecular flexibility index (Phi) is 3.14. The maximum Gasteiger partial charge on any atom is 0.339 e. The molecule has 1 aliphatic heterocycles. The third kappa shape index (κ3) is 2.65. The fourth-order valence-corrected chi connectivity index (χ4v) is 1.84. The van der Waals surface area contributed by atoms with Gasteiger partial charge in [-0.1, -0.05) is 0 Å². The quantitative estimate of drug-likeness (QED) is 0.700. The van der Waals surface area contributed by atoms with Crippen molar-refractivity contribution in [3.63, 3.8) is 0 Å². The molecule has 1 aromatic heterocycles. The molecule has 0 aromatic carbocycles. The van der Waals surface area contributed by atoms with Gasteiger partial charge in [-0.2, -0.15) is 0 Å². The van der Waals surface area contributed by atoms with Crippen LogP contribution < -0.4 is 10.6 Å². The first-order valence-corrected chi connectivity index (χ1v) is 5.39. The number of furan rings is 1. The highest BCUT2D eigenvalue weighted by Gasteiger charge is 2.21. The lowest BCUT2D eigenvalue weighted by Gasteiger charge is -2.07. The topological polar surface area (TPSA) is 91.6 Å². The van der Waals surface area contributed by atoms with Gasteiger partial charge in [0.25, 0.3) is 0 Å². The van der Waals surface area contributed by atoms with Gasteiger partial charge in [0.2, 0.25) is 5.91 Å². The van der Waals surface area contributed by atoms with Crippen LogP contribution in [0.15, 0.2) is 10.5 Å². The number of nitrogens with one attached hydrogen (secondary N) is 2. The number of carboxylic acids is 1. The highest BCUT2D eigenvalue weighted by atomic mass is 16.4. The maximum absolute atomic E-state index is 11.0. The number of rotatable bonds is 4. The van der Waals surface area contributed by atoms with Crippen molar-refractivity contribution in [3.05, 3.63) is 23.2 Å². The lowest BCUT2D eigenvalue weighted by atomic mass is 10.2. The second kappa shape index (κ2) is 4.58. The van der Waals surface area contributed by atoms with E-state index in [0.29, 0.717) is 31.0 Å². The number of hydrogen-bond donors (Lipinski definition) is 3. The molecule has 1 aliphatic rings. The molecule has 2 heterocycles. The van der Waals surface area contributed by atoms with Crippen molar-refractivity contribution in [1.29, 1.82) is 0 Å². The Morgan fingerprint density at radius 2 is 2.47 bits per heavy atom. The molecule has 3 N–H and O–H groups in total. The zero-order chi connectivity index (χ0) is 12.4. The van der Waals surface area contributed by atoms with Crippen LogP contribution in [0.2, 0.25) is 0 Å². The van der Waals surface area contributed by atoms with E-state index in [9.17, 15) is 9.59 Å². The summed E-state index contributed by atoms with van der Waals surface area (Å²) in [5, 5.41) is 14.7. The Bertz CT molecular complexity index is 452. The molecule has 92 valence electrons. The Morgan fingerprint density at radius 3 is 3.00 bits per heavy atom. The van der Waals surface area contributed by atoms with Crippen molar-refractivity contribution in [2.24, 2.45) is 0 Å². The average molecular weight is 238 g/mol. The van der Waals surface area contributed by atoms with Gasteiger partial charge in [0.15, 0.2) is 0 Å². The number of hydrogen-bond acceptors (Lipinski definition) is 4. The molecular weight excluding hydrogens is 224 g/mol. The minimum absolute atomic E-state index is 0.0318. The zero-order valence-corrected chi connectivity index (χ0v) is 9.45. The number of amides is 1. The summed E-state index contributed by atoms with van der Waals surface area (Å²) in [6.07, 6.45) is 0.450. The van der Waals surface area contributed by atoms with Crippen molar-refractivity contribution < 1.29 is 19.1 Å². The van der Waals surface area contributed by atoms with Crippen molar-refractivity contribution >= 4 is 11.9 Å². The SMILES string of the molecule is Cc1oc(CNC2CNC(=O)C2)cc1C(=O)O. The van der Waals surface area contributed by atoms with E-state index in [2.05, 4.69) is 10.6 Å². The molecule has 6 nitrogen and oxygen atoms in total. The molecule has 17 heavy (non-hydrogen) atoms. The molecular formula is C11H14N2O4. The first-order chi connectivity index (χ1) is 8.06. The van der Waals surface area contributed by atoms with E-state index in [1.807, 2.05) is 0 Å². The molecule has 1 fully saturated rings. The van der Waals surface area contributed by atoms with Crippen LogP contribution in [0.25, 0.3) is 0 Å². The van der Waals surface area contributed by atoms with Crippen LogP contribution in [-0.2, 0) is 11.3 Å². The van der Waals surface area contributed by atoms with E-state index in [-0.39, 0.29) is 17.5 Å². The minimum Gasteiger partial charge on any atom is -0.478 e. The standard InChI is InChI=1S/C11H14N2O4/c1-6-9(11(15)16)3-8(17-6)5-12-7-2-10(14)13-4-7/h3,7,12H,2,4-5H2,1H3,(H,13,14)(H,15,16). The second-order valence-corrected chi connectivity index (χ2v) is 4.07. The average Bonchev–Trinajstić information content (AvgIpc) is 2.82. The molecule has 1 unspecified atom stereocenters. The summed E-state index contributed by atoms with van der Waals surface area (Å²) >= 11 is 0. The summed E-state index contributed by atoms with van der Waals surface area (Å²) in [5.74, 6) is 0.00809. The Hall–Kier alpha value is -1.82. The summed E-state index contributed by atoms with van der Waals surface area (Å²) in [4.78, 5) is 21.8. The van der Waals surface area contributed by atoms with Gasteiger partial charge in [0.05, 0.1) is 6.54 Å². The van der Waals surface area contributed by atoms with Gasteiger partial charge in [0, 0.05) is 19.0 Å². The Labute approximate surface area is 98.0 Å². The van der Waals surface area contributed by atoms with Crippen LogP contribution >= 0.6 is 0 Å². The number of carbonyl (C=O) groups is 2. The minimum atomic E-state index is -0.991. The van der Waals surface area contributed by atoms with Crippen LogP contribution in [-0.4, -0.2) is 29.6 Å². The molecule has 0 radical (unpaired) electrons. The fraction of sp³-hybridized carbons (Fsp3) is 0.455. The van der Waals surface area contributed by atoms with Crippen LogP contribution in [0.4, 0.5) is 0 Å². The largest absolute Gasteiger partial charge is 0.478 e. The summed E-state index contributed by atoms with van der Waals surface area (Å²) < 4.78 is 5.31. The summed E-state index contributed by atoms with van der Waals surface area (Å²) in [5.41, 5.74) is 0.183. The van der Waals surface area contributed by atoms with E-state index in [1.54, 1.807) is 6.92 Å². The molecule has 0 spiro atoms. The molecule has 0 bridgehead atoms. The van der Waals surface area contributed by atoms with Crippen molar-refractivity contribution in [2.45, 2.75) is 25.9 Å². The van der Waals surface area contributed by atoms with Gasteiger partial charge in [-0.05, 0) is 13.0 Å². The first-order valence-electron chi connectivity index (χ1n) is 5.39. The van der Waals surface area contributed by atoms with Gasteiger partial charge >= 0.3 is 5.97 Å². The molecule has 0 saturated carbocycles. The van der Waals surface area contributed by atoms with Crippen molar-refractivity contribution in [3.8, 4) is 0 Å². The van der Waals surface area contributed by atoms with Crippen LogP contribution in [0, 0.1) is 6.92 Å². The third-order valence-electron chi connectivity index (χ3n) is 2.74. The number of aryl methyl sites for hydroxylation is 1. The summed E-state index contributed by atoms with van der Waals surface area (Å²) in [6.45, 7) is 2.64. The van der Waals surface area contributed by atoms with Crippen molar-refractivity contribution in [1.82, 2.24) is 10.6 Å². The van der Waals surface area contributed by atoms with E-state index < -0.39 is 5.97 Å². The molecule has 0 aliphatic carbocycles.